The molecule has 2 aliphatic carbocycles. The number of cyclic esters (lactones) is 1. The Kier molecular flexibility index (Phi) is 6.31. The number of aromatic amines is 1. The van der Waals surface area contributed by atoms with E-state index in [0.29, 0.717) is 29.2 Å². The van der Waals surface area contributed by atoms with Gasteiger partial charge in [-0.1, -0.05) is 50.3 Å². The van der Waals surface area contributed by atoms with Crippen LogP contribution in [0.1, 0.15) is 70.6 Å². The van der Waals surface area contributed by atoms with Crippen LogP contribution < -0.4 is 0 Å². The van der Waals surface area contributed by atoms with Crippen LogP contribution in [0.3, 0.4) is 0 Å². The number of hydrogen-bond donors (Lipinski definition) is 1. The molecule has 0 spiro atoms. The predicted octanol–water partition coefficient (Wildman–Crippen LogP) is 4.74. The lowest BCUT2D eigenvalue weighted by Gasteiger charge is -2.43. The minimum Gasteiger partial charge on any atom is -0.457 e. The van der Waals surface area contributed by atoms with Gasteiger partial charge in [-0.15, -0.1) is 5.10 Å². The zero-order valence-electron chi connectivity index (χ0n) is 18.3. The summed E-state index contributed by atoms with van der Waals surface area (Å²) in [6.45, 7) is 0. The molecule has 2 aromatic heterocycles. The van der Waals surface area contributed by atoms with Crippen LogP contribution >= 0.6 is 11.8 Å². The van der Waals surface area contributed by atoms with E-state index in [2.05, 4.69) is 20.2 Å². The first kappa shape index (κ1) is 21.6. The van der Waals surface area contributed by atoms with Gasteiger partial charge in [0.1, 0.15) is 5.60 Å². The number of hydrogen-bond acceptors (Lipinski definition) is 7. The van der Waals surface area contributed by atoms with Gasteiger partial charge in [-0.3, -0.25) is 19.7 Å². The quantitative estimate of drug-likeness (QED) is 0.476. The number of thioether (sulfide) groups is 1. The summed E-state index contributed by atoms with van der Waals surface area (Å²) in [5.74, 6) is 1.15. The Morgan fingerprint density at radius 1 is 1.06 bits per heavy atom. The van der Waals surface area contributed by atoms with Crippen molar-refractivity contribution < 1.29 is 14.3 Å². The van der Waals surface area contributed by atoms with Crippen molar-refractivity contribution in [2.75, 3.05) is 0 Å². The van der Waals surface area contributed by atoms with E-state index in [0.717, 1.165) is 55.9 Å². The second kappa shape index (κ2) is 9.33. The molecule has 0 bridgehead atoms. The molecule has 0 radical (unpaired) electrons. The number of nitrogens with zero attached hydrogens (tertiary/aromatic N) is 3. The van der Waals surface area contributed by atoms with Crippen LogP contribution in [0.5, 0.6) is 0 Å². The van der Waals surface area contributed by atoms with Crippen LogP contribution in [0, 0.1) is 11.8 Å². The van der Waals surface area contributed by atoms with E-state index in [1.807, 2.05) is 12.1 Å². The van der Waals surface area contributed by atoms with Gasteiger partial charge in [0.25, 0.3) is 0 Å². The third-order valence-corrected chi connectivity index (χ3v) is 8.56. The Hall–Kier alpha value is -2.22. The van der Waals surface area contributed by atoms with Gasteiger partial charge in [-0.25, -0.2) is 4.98 Å². The minimum absolute atomic E-state index is 0.0418. The fourth-order valence-corrected chi connectivity index (χ4v) is 6.55. The van der Waals surface area contributed by atoms with Crippen LogP contribution in [0.2, 0.25) is 0 Å². The SMILES string of the molecule is O=C1CC(CCC2CCCC2)(C2CCCC2)OC(=O)C1Sc1n[nH]c(-c2ccncc2)n1. The average Bonchev–Trinajstić information content (AvgIpc) is 3.58. The number of H-pyrrole nitrogens is 1. The molecule has 2 aromatic rings. The molecule has 8 heteroatoms. The summed E-state index contributed by atoms with van der Waals surface area (Å²) in [4.78, 5) is 34.8. The number of ketones is 1. The smallest absolute Gasteiger partial charge is 0.327 e. The van der Waals surface area contributed by atoms with E-state index < -0.39 is 16.8 Å². The van der Waals surface area contributed by atoms with Gasteiger partial charge in [0, 0.05) is 24.4 Å². The van der Waals surface area contributed by atoms with E-state index in [4.69, 9.17) is 4.74 Å². The van der Waals surface area contributed by atoms with Gasteiger partial charge in [-0.2, -0.15) is 0 Å². The topological polar surface area (TPSA) is 97.8 Å². The van der Waals surface area contributed by atoms with E-state index in [-0.39, 0.29) is 5.78 Å². The monoisotopic (exact) mass is 454 g/mol. The minimum atomic E-state index is -0.892. The number of Topliss-reactive ketones (excluding diaryl/α,β-unsaturated/α-hetero) is 1. The van der Waals surface area contributed by atoms with Crippen LogP contribution in [0.4, 0.5) is 0 Å². The highest BCUT2D eigenvalue weighted by molar-refractivity contribution is 8.01. The van der Waals surface area contributed by atoms with E-state index in [1.165, 1.54) is 25.7 Å². The molecule has 7 nitrogen and oxygen atoms in total. The van der Waals surface area contributed by atoms with Gasteiger partial charge >= 0.3 is 5.97 Å². The van der Waals surface area contributed by atoms with E-state index in [1.54, 1.807) is 12.4 Å². The van der Waals surface area contributed by atoms with Gasteiger partial charge in [-0.05, 0) is 49.7 Å². The third kappa shape index (κ3) is 4.47. The predicted molar refractivity (Wildman–Crippen MR) is 121 cm³/mol. The Morgan fingerprint density at radius 3 is 2.50 bits per heavy atom. The van der Waals surface area contributed by atoms with Crippen molar-refractivity contribution in [2.24, 2.45) is 11.8 Å². The zero-order chi connectivity index (χ0) is 22.0. The molecule has 2 saturated carbocycles. The summed E-state index contributed by atoms with van der Waals surface area (Å²) in [5, 5.41) is 6.57. The first-order chi connectivity index (χ1) is 15.6. The number of carbonyl (C=O) groups is 2. The van der Waals surface area contributed by atoms with Crippen molar-refractivity contribution in [2.45, 2.75) is 86.6 Å². The summed E-state index contributed by atoms with van der Waals surface area (Å²) in [6.07, 6.45) is 15.2. The molecule has 5 rings (SSSR count). The largest absolute Gasteiger partial charge is 0.457 e. The molecule has 2 atom stereocenters. The lowest BCUT2D eigenvalue weighted by molar-refractivity contribution is -0.178. The van der Waals surface area contributed by atoms with Crippen LogP contribution in [0.25, 0.3) is 11.4 Å². The van der Waals surface area contributed by atoms with Crippen LogP contribution in [-0.2, 0) is 14.3 Å². The molecular weight excluding hydrogens is 424 g/mol. The number of rotatable bonds is 7. The third-order valence-electron chi connectivity index (χ3n) is 7.48. The summed E-state index contributed by atoms with van der Waals surface area (Å²) >= 11 is 1.09. The van der Waals surface area contributed by atoms with Gasteiger partial charge in [0.05, 0.1) is 0 Å². The number of pyridine rings is 1. The maximum atomic E-state index is 13.3. The molecule has 1 aliphatic heterocycles. The Labute approximate surface area is 192 Å². The van der Waals surface area contributed by atoms with Gasteiger partial charge in [0.2, 0.25) is 5.16 Å². The molecule has 3 aliphatic rings. The highest BCUT2D eigenvalue weighted by Crippen LogP contribution is 2.47. The summed E-state index contributed by atoms with van der Waals surface area (Å²) in [6, 6.07) is 3.66. The van der Waals surface area contributed by atoms with Crippen molar-refractivity contribution in [1.82, 2.24) is 20.2 Å². The molecular formula is C24H30N4O3S. The Morgan fingerprint density at radius 2 is 1.78 bits per heavy atom. The average molecular weight is 455 g/mol. The molecule has 170 valence electrons. The number of esters is 1. The molecule has 0 aromatic carbocycles. The van der Waals surface area contributed by atoms with Crippen molar-refractivity contribution in [1.29, 1.82) is 0 Å². The molecule has 0 amide bonds. The molecule has 3 heterocycles. The highest BCUT2D eigenvalue weighted by Gasteiger charge is 2.52. The van der Waals surface area contributed by atoms with Gasteiger partial charge < -0.3 is 4.74 Å². The maximum absolute atomic E-state index is 13.3. The molecule has 3 fully saturated rings. The highest BCUT2D eigenvalue weighted by atomic mass is 32.2. The number of nitrogens with one attached hydrogen (secondary N) is 1. The second-order valence-corrected chi connectivity index (χ2v) is 10.6. The fourth-order valence-electron chi connectivity index (χ4n) is 5.74. The lowest BCUT2D eigenvalue weighted by atomic mass is 9.75. The number of aromatic nitrogens is 4. The van der Waals surface area contributed by atoms with Crippen molar-refractivity contribution in [3.8, 4) is 11.4 Å². The summed E-state index contributed by atoms with van der Waals surface area (Å²) < 4.78 is 6.21. The molecule has 2 unspecified atom stereocenters. The summed E-state index contributed by atoms with van der Waals surface area (Å²) in [5.41, 5.74) is 0.245. The first-order valence-corrected chi connectivity index (χ1v) is 12.8. The van der Waals surface area contributed by atoms with Crippen molar-refractivity contribution in [3.63, 3.8) is 0 Å². The number of carbonyl (C=O) groups excluding carboxylic acids is 2. The summed E-state index contributed by atoms with van der Waals surface area (Å²) in [7, 11) is 0. The lowest BCUT2D eigenvalue weighted by Crippen LogP contribution is -2.52. The number of ether oxygens (including phenoxy) is 1. The van der Waals surface area contributed by atoms with E-state index >= 15 is 0 Å². The Balaban J connectivity index is 1.29. The van der Waals surface area contributed by atoms with E-state index in [9.17, 15) is 9.59 Å². The maximum Gasteiger partial charge on any atom is 0.327 e. The zero-order valence-corrected chi connectivity index (χ0v) is 19.1. The van der Waals surface area contributed by atoms with Crippen molar-refractivity contribution >= 4 is 23.5 Å². The van der Waals surface area contributed by atoms with Crippen molar-refractivity contribution in [3.05, 3.63) is 24.5 Å². The fraction of sp³-hybridized carbons (Fsp3) is 0.625. The van der Waals surface area contributed by atoms with Crippen LogP contribution in [-0.4, -0.2) is 42.8 Å². The first-order valence-electron chi connectivity index (χ1n) is 11.9. The normalized spacial score (nSPS) is 27.2. The standard InChI is InChI=1S/C24H30N4O3S/c29-19-15-24(18-7-3-4-8-18,12-9-16-5-1-2-6-16)31-22(30)20(19)32-23-26-21(27-28-23)17-10-13-25-14-11-17/h10-11,13-14,16,18,20H,1-9,12,15H2,(H,26,27,28). The Bertz CT molecular complexity index is 933. The van der Waals surface area contributed by atoms with Crippen LogP contribution in [0.15, 0.2) is 29.7 Å². The second-order valence-electron chi connectivity index (χ2n) is 9.50. The molecule has 1 N–H and O–H groups in total. The van der Waals surface area contributed by atoms with Gasteiger partial charge in [0.15, 0.2) is 16.9 Å². The molecule has 32 heavy (non-hydrogen) atoms. The molecule has 1 saturated heterocycles.